The van der Waals surface area contributed by atoms with Crippen LogP contribution in [0.2, 0.25) is 0 Å². The molecule has 0 saturated heterocycles. The molecule has 2 aromatic heterocycles. The van der Waals surface area contributed by atoms with Crippen molar-refractivity contribution in [1.82, 2.24) is 4.98 Å². The first-order valence-electron chi connectivity index (χ1n) is 16.9. The van der Waals surface area contributed by atoms with E-state index in [1.807, 2.05) is 64.2 Å². The second kappa shape index (κ2) is 18.6. The van der Waals surface area contributed by atoms with Gasteiger partial charge in [-0.3, -0.25) is 9.78 Å². The van der Waals surface area contributed by atoms with E-state index in [9.17, 15) is 9.90 Å². The first kappa shape index (κ1) is 39.2. The number of phenolic OH excluding ortho intramolecular Hbond substituents is 1. The molecule has 52 heavy (non-hydrogen) atoms. The van der Waals surface area contributed by atoms with E-state index in [-0.39, 0.29) is 34.9 Å². The molecule has 0 unspecified atom stereocenters. The molecule has 0 saturated carbocycles. The standard InChI is InChI=1S/C24H29NO4.C17H14O5.ClH/c1-5-26-21-10-9-17(14-22(21)27-6-2)13-20-19-16-24(29-8-4)23(28-7-3)15-18(19)11-12-25-20;1-20-11-5-3-10(4-6-11)13-9-22-16-12(15(13)19)7-8-14(18)17(16)21-2;/h9-12,14-16H,5-8,13H2,1-4H3;3-9,18H,1-2H3;1H. The lowest BCUT2D eigenvalue weighted by Crippen LogP contribution is -2.05. The zero-order chi connectivity index (χ0) is 36.3. The highest BCUT2D eigenvalue weighted by molar-refractivity contribution is 5.89. The topological polar surface area (TPSA) is 119 Å². The molecule has 0 spiro atoms. The molecule has 10 nitrogen and oxygen atoms in total. The molecule has 274 valence electrons. The van der Waals surface area contributed by atoms with Crippen LogP contribution in [0.4, 0.5) is 0 Å². The van der Waals surface area contributed by atoms with Crippen LogP contribution in [0.15, 0.2) is 94.5 Å². The van der Waals surface area contributed by atoms with Crippen molar-refractivity contribution in [2.45, 2.75) is 34.1 Å². The first-order chi connectivity index (χ1) is 24.8. The largest absolute Gasteiger partial charge is 0.504 e. The second-order valence-corrected chi connectivity index (χ2v) is 11.2. The normalized spacial score (nSPS) is 10.5. The van der Waals surface area contributed by atoms with Crippen LogP contribution in [0, 0.1) is 0 Å². The SMILES string of the molecule is CCOc1ccc(Cc2nccc3cc(OCC)c(OCC)cc23)cc1OCC.COc1ccc(-c2coc3c(OC)c(O)ccc3c2=O)cc1.Cl. The fourth-order valence-corrected chi connectivity index (χ4v) is 5.65. The summed E-state index contributed by atoms with van der Waals surface area (Å²) in [6, 6.07) is 22.2. The van der Waals surface area contributed by atoms with Gasteiger partial charge in [-0.05, 0) is 98.8 Å². The molecule has 6 rings (SSSR count). The number of aromatic hydroxyl groups is 1. The van der Waals surface area contributed by atoms with Crippen molar-refractivity contribution in [3.63, 3.8) is 0 Å². The highest BCUT2D eigenvalue weighted by Gasteiger charge is 2.16. The molecule has 4 aromatic carbocycles. The molecule has 0 aliphatic carbocycles. The van der Waals surface area contributed by atoms with Crippen LogP contribution in [0.3, 0.4) is 0 Å². The van der Waals surface area contributed by atoms with Crippen LogP contribution < -0.4 is 33.8 Å². The van der Waals surface area contributed by atoms with Gasteiger partial charge in [0.25, 0.3) is 0 Å². The van der Waals surface area contributed by atoms with Crippen molar-refractivity contribution in [2.24, 2.45) is 0 Å². The predicted molar refractivity (Wildman–Crippen MR) is 206 cm³/mol. The van der Waals surface area contributed by atoms with Gasteiger partial charge in [-0.1, -0.05) is 18.2 Å². The number of nitrogens with zero attached hydrogens (tertiary/aromatic N) is 1. The third-order valence-electron chi connectivity index (χ3n) is 7.97. The van der Waals surface area contributed by atoms with Crippen LogP contribution in [-0.4, -0.2) is 50.7 Å². The quantitative estimate of drug-likeness (QED) is 0.123. The molecular weight excluding hydrogens is 686 g/mol. The van der Waals surface area contributed by atoms with Gasteiger partial charge in [0.2, 0.25) is 11.2 Å². The number of pyridine rings is 1. The van der Waals surface area contributed by atoms with Crippen molar-refractivity contribution >= 4 is 34.1 Å². The van der Waals surface area contributed by atoms with Gasteiger partial charge >= 0.3 is 0 Å². The van der Waals surface area contributed by atoms with E-state index in [0.717, 1.165) is 50.6 Å². The van der Waals surface area contributed by atoms with Crippen molar-refractivity contribution in [2.75, 3.05) is 40.6 Å². The number of halogens is 1. The van der Waals surface area contributed by atoms with Gasteiger partial charge in [0.1, 0.15) is 12.0 Å². The zero-order valence-electron chi connectivity index (χ0n) is 30.2. The third-order valence-corrected chi connectivity index (χ3v) is 7.97. The van der Waals surface area contributed by atoms with E-state index in [1.54, 1.807) is 31.4 Å². The Balaban J connectivity index is 0.000000236. The van der Waals surface area contributed by atoms with Crippen molar-refractivity contribution in [1.29, 1.82) is 0 Å². The number of methoxy groups -OCH3 is 2. The number of fused-ring (bicyclic) bond motifs is 2. The summed E-state index contributed by atoms with van der Waals surface area (Å²) in [6.45, 7) is 10.3. The third kappa shape index (κ3) is 8.81. The van der Waals surface area contributed by atoms with Crippen LogP contribution in [-0.2, 0) is 6.42 Å². The average molecular weight is 730 g/mol. The molecule has 0 amide bonds. The van der Waals surface area contributed by atoms with Crippen LogP contribution in [0.25, 0.3) is 32.9 Å². The molecule has 0 aliphatic rings. The summed E-state index contributed by atoms with van der Waals surface area (Å²) < 4.78 is 38.7. The predicted octanol–water partition coefficient (Wildman–Crippen LogP) is 9.02. The minimum absolute atomic E-state index is 0. The second-order valence-electron chi connectivity index (χ2n) is 11.2. The van der Waals surface area contributed by atoms with E-state index in [2.05, 4.69) is 11.1 Å². The minimum atomic E-state index is -0.190. The number of phenols is 1. The molecule has 0 atom stereocenters. The maximum absolute atomic E-state index is 12.6. The molecule has 2 heterocycles. The monoisotopic (exact) mass is 729 g/mol. The lowest BCUT2D eigenvalue weighted by molar-refractivity contribution is 0.287. The molecule has 11 heteroatoms. The number of hydrogen-bond donors (Lipinski definition) is 1. The molecule has 0 aliphatic heterocycles. The van der Waals surface area contributed by atoms with Crippen molar-refractivity contribution < 1.29 is 37.9 Å². The highest BCUT2D eigenvalue weighted by Crippen LogP contribution is 2.36. The zero-order valence-corrected chi connectivity index (χ0v) is 31.0. The maximum atomic E-state index is 12.6. The maximum Gasteiger partial charge on any atom is 0.204 e. The molecular formula is C41H44ClNO9. The van der Waals surface area contributed by atoms with Crippen LogP contribution >= 0.6 is 12.4 Å². The van der Waals surface area contributed by atoms with E-state index >= 15 is 0 Å². The van der Waals surface area contributed by atoms with Gasteiger partial charge in [-0.25, -0.2) is 0 Å². The Bertz CT molecular complexity index is 2150. The Hall–Kier alpha value is -5.61. The Morgan fingerprint density at radius 3 is 1.96 bits per heavy atom. The van der Waals surface area contributed by atoms with Crippen LogP contribution in [0.5, 0.6) is 40.2 Å². The Kier molecular flexibility index (Phi) is 14.0. The molecule has 1 N–H and O–H groups in total. The number of aromatic nitrogens is 1. The van der Waals surface area contributed by atoms with Crippen molar-refractivity contribution in [3.8, 4) is 51.4 Å². The van der Waals surface area contributed by atoms with Gasteiger partial charge in [0.15, 0.2) is 34.3 Å². The van der Waals surface area contributed by atoms with Crippen molar-refractivity contribution in [3.05, 3.63) is 107 Å². The average Bonchev–Trinajstić information content (AvgIpc) is 3.14. The van der Waals surface area contributed by atoms with E-state index in [0.29, 0.717) is 49.5 Å². The number of ether oxygens (including phenoxy) is 6. The van der Waals surface area contributed by atoms with E-state index in [1.165, 1.54) is 25.5 Å². The van der Waals surface area contributed by atoms with Crippen LogP contribution in [0.1, 0.15) is 39.0 Å². The Morgan fingerprint density at radius 2 is 1.33 bits per heavy atom. The number of benzene rings is 4. The molecule has 6 aromatic rings. The molecule has 0 fully saturated rings. The first-order valence-corrected chi connectivity index (χ1v) is 16.9. The Morgan fingerprint density at radius 1 is 0.692 bits per heavy atom. The van der Waals surface area contributed by atoms with Gasteiger partial charge in [-0.2, -0.15) is 0 Å². The molecule has 0 bridgehead atoms. The summed E-state index contributed by atoms with van der Waals surface area (Å²) >= 11 is 0. The smallest absolute Gasteiger partial charge is 0.204 e. The summed E-state index contributed by atoms with van der Waals surface area (Å²) in [7, 11) is 2.99. The lowest BCUT2D eigenvalue weighted by Gasteiger charge is -2.15. The number of rotatable bonds is 13. The highest BCUT2D eigenvalue weighted by atomic mass is 35.5. The van der Waals surface area contributed by atoms with Gasteiger partial charge in [0.05, 0.1) is 57.3 Å². The molecule has 0 radical (unpaired) electrons. The fourth-order valence-electron chi connectivity index (χ4n) is 5.65. The number of hydrogen-bond acceptors (Lipinski definition) is 10. The summed E-state index contributed by atoms with van der Waals surface area (Å²) in [5.41, 5.74) is 3.29. The summed E-state index contributed by atoms with van der Waals surface area (Å²) in [6.07, 6.45) is 3.89. The Labute approximate surface area is 309 Å². The summed E-state index contributed by atoms with van der Waals surface area (Å²) in [5, 5.41) is 12.2. The summed E-state index contributed by atoms with van der Waals surface area (Å²) in [4.78, 5) is 17.3. The van der Waals surface area contributed by atoms with E-state index in [4.69, 9.17) is 32.8 Å². The van der Waals surface area contributed by atoms with E-state index < -0.39 is 0 Å². The minimum Gasteiger partial charge on any atom is -0.504 e. The summed E-state index contributed by atoms with van der Waals surface area (Å²) in [5.74, 6) is 3.83. The van der Waals surface area contributed by atoms with Gasteiger partial charge in [-0.15, -0.1) is 12.4 Å². The lowest BCUT2D eigenvalue weighted by atomic mass is 10.0. The van der Waals surface area contributed by atoms with Gasteiger partial charge in [0, 0.05) is 18.0 Å². The fraction of sp³-hybridized carbons (Fsp3) is 0.268. The van der Waals surface area contributed by atoms with Gasteiger partial charge < -0.3 is 37.9 Å².